The van der Waals surface area contributed by atoms with E-state index in [-0.39, 0.29) is 28.0 Å². The number of nitrogens with one attached hydrogen (secondary N) is 1. The van der Waals surface area contributed by atoms with Gasteiger partial charge < -0.3 is 15.2 Å². The summed E-state index contributed by atoms with van der Waals surface area (Å²) in [6, 6.07) is 10.3. The van der Waals surface area contributed by atoms with Gasteiger partial charge >= 0.3 is 11.9 Å². The van der Waals surface area contributed by atoms with Crippen LogP contribution in [0.2, 0.25) is 5.02 Å². The van der Waals surface area contributed by atoms with E-state index in [2.05, 4.69) is 4.98 Å². The van der Waals surface area contributed by atoms with Gasteiger partial charge in [-0.25, -0.2) is 4.79 Å². The van der Waals surface area contributed by atoms with Gasteiger partial charge in [0.05, 0.1) is 22.3 Å². The van der Waals surface area contributed by atoms with Crippen LogP contribution in [0, 0.1) is 6.92 Å². The SMILES string of the molecule is Cc1ccc(-c2cc(-n3c(=O)[nH]c4cc(C(F)(F)F)ccc43)c(O)cc2O)cc1Cl. The maximum Gasteiger partial charge on any atom is 0.416 e. The van der Waals surface area contributed by atoms with Crippen LogP contribution in [-0.4, -0.2) is 19.8 Å². The van der Waals surface area contributed by atoms with Gasteiger partial charge in [-0.3, -0.25) is 4.57 Å². The molecule has 30 heavy (non-hydrogen) atoms. The number of hydrogen-bond donors (Lipinski definition) is 3. The molecule has 0 radical (unpaired) electrons. The molecule has 0 unspecified atom stereocenters. The van der Waals surface area contributed by atoms with Crippen molar-refractivity contribution in [3.63, 3.8) is 0 Å². The molecule has 0 fully saturated rings. The van der Waals surface area contributed by atoms with Gasteiger partial charge in [0.25, 0.3) is 0 Å². The van der Waals surface area contributed by atoms with Crippen molar-refractivity contribution in [3.05, 3.63) is 75.2 Å². The van der Waals surface area contributed by atoms with Crippen LogP contribution in [-0.2, 0) is 6.18 Å². The van der Waals surface area contributed by atoms with Crippen LogP contribution in [0.4, 0.5) is 13.2 Å². The Morgan fingerprint density at radius 2 is 1.73 bits per heavy atom. The third kappa shape index (κ3) is 3.29. The molecule has 5 nitrogen and oxygen atoms in total. The second kappa shape index (κ2) is 6.84. The van der Waals surface area contributed by atoms with Crippen LogP contribution in [0.25, 0.3) is 27.8 Å². The first-order valence-corrected chi connectivity index (χ1v) is 9.09. The molecule has 0 aliphatic carbocycles. The predicted octanol–water partition coefficient (Wildman–Crippen LogP) is 5.38. The van der Waals surface area contributed by atoms with Crippen LogP contribution in [0.1, 0.15) is 11.1 Å². The Hall–Kier alpha value is -3.39. The number of aryl methyl sites for hydroxylation is 1. The molecule has 3 aromatic carbocycles. The van der Waals surface area contributed by atoms with Gasteiger partial charge in [-0.1, -0.05) is 23.7 Å². The van der Waals surface area contributed by atoms with E-state index in [1.807, 2.05) is 6.92 Å². The summed E-state index contributed by atoms with van der Waals surface area (Å²) in [6.45, 7) is 1.81. The Balaban J connectivity index is 1.94. The summed E-state index contributed by atoms with van der Waals surface area (Å²) in [5.41, 5.74) is 0.104. The van der Waals surface area contributed by atoms with Gasteiger partial charge in [0.1, 0.15) is 11.5 Å². The fraction of sp³-hybridized carbons (Fsp3) is 0.0952. The molecule has 0 saturated carbocycles. The molecule has 154 valence electrons. The quantitative estimate of drug-likeness (QED) is 0.396. The Kier molecular flexibility index (Phi) is 4.54. The Morgan fingerprint density at radius 1 is 1.00 bits per heavy atom. The molecule has 4 aromatic rings. The van der Waals surface area contributed by atoms with Gasteiger partial charge in [-0.15, -0.1) is 0 Å². The van der Waals surface area contributed by atoms with Crippen molar-refractivity contribution in [3.8, 4) is 28.3 Å². The number of rotatable bonds is 2. The van der Waals surface area contributed by atoms with E-state index in [0.717, 1.165) is 34.4 Å². The number of phenols is 2. The van der Waals surface area contributed by atoms with E-state index in [9.17, 15) is 28.2 Å². The smallest absolute Gasteiger partial charge is 0.416 e. The molecule has 1 heterocycles. The number of fused-ring (bicyclic) bond motifs is 1. The lowest BCUT2D eigenvalue weighted by Crippen LogP contribution is -2.14. The first-order chi connectivity index (χ1) is 14.1. The third-order valence-corrected chi connectivity index (χ3v) is 5.23. The van der Waals surface area contributed by atoms with E-state index in [0.29, 0.717) is 10.6 Å². The molecule has 0 bridgehead atoms. The molecule has 0 spiro atoms. The first-order valence-electron chi connectivity index (χ1n) is 8.71. The maximum atomic E-state index is 13.0. The topological polar surface area (TPSA) is 78.2 Å². The number of alkyl halides is 3. The van der Waals surface area contributed by atoms with E-state index in [4.69, 9.17) is 11.6 Å². The van der Waals surface area contributed by atoms with Crippen molar-refractivity contribution in [1.82, 2.24) is 9.55 Å². The molecule has 0 aliphatic heterocycles. The maximum absolute atomic E-state index is 13.0. The van der Waals surface area contributed by atoms with Crippen molar-refractivity contribution < 1.29 is 23.4 Å². The number of aromatic hydroxyl groups is 2. The van der Waals surface area contributed by atoms with Crippen molar-refractivity contribution in [2.24, 2.45) is 0 Å². The number of halogens is 4. The molecular formula is C21H14ClF3N2O3. The molecule has 0 aliphatic rings. The van der Waals surface area contributed by atoms with Gasteiger partial charge in [-0.05, 0) is 48.4 Å². The number of aromatic amines is 1. The first kappa shape index (κ1) is 19.9. The number of benzene rings is 3. The fourth-order valence-electron chi connectivity index (χ4n) is 3.26. The van der Waals surface area contributed by atoms with E-state index < -0.39 is 23.2 Å². The summed E-state index contributed by atoms with van der Waals surface area (Å²) in [7, 11) is 0. The lowest BCUT2D eigenvalue weighted by atomic mass is 10.0. The van der Waals surface area contributed by atoms with Crippen LogP contribution in [0.3, 0.4) is 0 Å². The van der Waals surface area contributed by atoms with E-state index >= 15 is 0 Å². The fourth-order valence-corrected chi connectivity index (χ4v) is 3.44. The minimum Gasteiger partial charge on any atom is -0.507 e. The standard InChI is InChI=1S/C21H14ClF3N2O3/c1-10-2-3-11(6-14(10)22)13-8-17(19(29)9-18(13)28)27-16-5-4-12(21(23,24)25)7-15(16)26-20(27)30/h2-9,28-29H,1H3,(H,26,30). The average Bonchev–Trinajstić information content (AvgIpc) is 2.98. The predicted molar refractivity (Wildman–Crippen MR) is 107 cm³/mol. The second-order valence-electron chi connectivity index (χ2n) is 6.82. The highest BCUT2D eigenvalue weighted by atomic mass is 35.5. The molecule has 0 saturated heterocycles. The highest BCUT2D eigenvalue weighted by Crippen LogP contribution is 2.38. The summed E-state index contributed by atoms with van der Waals surface area (Å²) in [4.78, 5) is 14.9. The summed E-state index contributed by atoms with van der Waals surface area (Å²) >= 11 is 6.16. The molecule has 0 atom stereocenters. The van der Waals surface area contributed by atoms with Crippen LogP contribution in [0.5, 0.6) is 11.5 Å². The second-order valence-corrected chi connectivity index (χ2v) is 7.22. The average molecular weight is 435 g/mol. The highest BCUT2D eigenvalue weighted by Gasteiger charge is 2.31. The largest absolute Gasteiger partial charge is 0.507 e. The van der Waals surface area contributed by atoms with Crippen molar-refractivity contribution >= 4 is 22.6 Å². The van der Waals surface area contributed by atoms with Crippen molar-refractivity contribution in [2.75, 3.05) is 0 Å². The minimum atomic E-state index is -4.56. The summed E-state index contributed by atoms with van der Waals surface area (Å²) in [5.74, 6) is -0.666. The van der Waals surface area contributed by atoms with Crippen LogP contribution >= 0.6 is 11.6 Å². The van der Waals surface area contributed by atoms with Crippen LogP contribution < -0.4 is 5.69 Å². The molecule has 4 rings (SSSR count). The zero-order valence-corrected chi connectivity index (χ0v) is 16.1. The van der Waals surface area contributed by atoms with E-state index in [1.54, 1.807) is 18.2 Å². The highest BCUT2D eigenvalue weighted by molar-refractivity contribution is 6.31. The minimum absolute atomic E-state index is 0.00416. The lowest BCUT2D eigenvalue weighted by molar-refractivity contribution is -0.137. The summed E-state index contributed by atoms with van der Waals surface area (Å²) < 4.78 is 40.0. The molecule has 3 N–H and O–H groups in total. The number of H-pyrrole nitrogens is 1. The van der Waals surface area contributed by atoms with Crippen LogP contribution in [0.15, 0.2) is 53.3 Å². The summed E-state index contributed by atoms with van der Waals surface area (Å²) in [5, 5.41) is 21.1. The normalized spacial score (nSPS) is 11.9. The van der Waals surface area contributed by atoms with E-state index in [1.165, 1.54) is 6.07 Å². The van der Waals surface area contributed by atoms with Crippen molar-refractivity contribution in [2.45, 2.75) is 13.1 Å². The zero-order chi connectivity index (χ0) is 21.8. The number of nitrogens with zero attached hydrogens (tertiary/aromatic N) is 1. The number of aromatic nitrogens is 2. The lowest BCUT2D eigenvalue weighted by Gasteiger charge is -2.12. The number of phenolic OH excluding ortho intramolecular Hbond substituents is 2. The number of hydrogen-bond acceptors (Lipinski definition) is 3. The molecular weight excluding hydrogens is 421 g/mol. The van der Waals surface area contributed by atoms with Crippen molar-refractivity contribution in [1.29, 1.82) is 0 Å². The Labute approximate surface area is 172 Å². The monoisotopic (exact) mass is 434 g/mol. The van der Waals surface area contributed by atoms with Gasteiger partial charge in [-0.2, -0.15) is 13.2 Å². The molecule has 1 aromatic heterocycles. The molecule has 9 heteroatoms. The number of imidazole rings is 1. The van der Waals surface area contributed by atoms with Gasteiger partial charge in [0.15, 0.2) is 0 Å². The Bertz CT molecular complexity index is 1360. The van der Waals surface area contributed by atoms with Gasteiger partial charge in [0.2, 0.25) is 0 Å². The zero-order valence-electron chi connectivity index (χ0n) is 15.4. The Morgan fingerprint density at radius 3 is 2.40 bits per heavy atom. The van der Waals surface area contributed by atoms with Gasteiger partial charge in [0, 0.05) is 16.7 Å². The summed E-state index contributed by atoms with van der Waals surface area (Å²) in [6.07, 6.45) is -4.56. The third-order valence-electron chi connectivity index (χ3n) is 4.83. The molecule has 0 amide bonds.